The number of aliphatic hydroxyl groups is 1. The molecule has 0 bridgehead atoms. The Bertz CT molecular complexity index is 811. The van der Waals surface area contributed by atoms with Crippen LogP contribution in [0.3, 0.4) is 0 Å². The zero-order chi connectivity index (χ0) is 33.3. The van der Waals surface area contributed by atoms with Gasteiger partial charge in [-0.2, -0.15) is 8.42 Å². The largest absolute Gasteiger partial charge is 0.391 e. The van der Waals surface area contributed by atoms with Crippen molar-refractivity contribution in [2.75, 3.05) is 5.75 Å². The van der Waals surface area contributed by atoms with Crippen LogP contribution in [0.4, 0.5) is 0 Å². The van der Waals surface area contributed by atoms with E-state index in [1.165, 1.54) is 103 Å². The lowest BCUT2D eigenvalue weighted by Gasteiger charge is -2.23. The molecule has 0 rings (SSSR count). The summed E-state index contributed by atoms with van der Waals surface area (Å²) in [5.74, 6) is -0.911. The van der Waals surface area contributed by atoms with E-state index in [2.05, 4.69) is 43.5 Å². The van der Waals surface area contributed by atoms with Gasteiger partial charge >= 0.3 is 0 Å². The first-order valence-corrected chi connectivity index (χ1v) is 20.6. The Morgan fingerprint density at radius 3 is 1.47 bits per heavy atom. The van der Waals surface area contributed by atoms with E-state index in [4.69, 9.17) is 0 Å². The van der Waals surface area contributed by atoms with Crippen molar-refractivity contribution in [3.63, 3.8) is 0 Å². The molecule has 2 unspecified atom stereocenters. The fraction of sp³-hybridized carbons (Fsp3) is 0.868. The fourth-order valence-electron chi connectivity index (χ4n) is 5.78. The van der Waals surface area contributed by atoms with Crippen LogP contribution >= 0.6 is 0 Å². The number of hydrogen-bond donors (Lipinski definition) is 3. The number of rotatable bonds is 34. The molecule has 6 nitrogen and oxygen atoms in total. The van der Waals surface area contributed by atoms with Crippen molar-refractivity contribution < 1.29 is 22.9 Å². The SMILES string of the molecule is CCCCCC/C=C\C/C=C\CCCCCCCC(=O)NC(CS(=O)(=O)O)C(O)CCCCCCCCCCCCCCCC. The molecule has 0 aliphatic heterocycles. The highest BCUT2D eigenvalue weighted by molar-refractivity contribution is 7.85. The number of carbonyl (C=O) groups excluding carboxylic acids is 1. The Kier molecular flexibility index (Phi) is 31.9. The van der Waals surface area contributed by atoms with Gasteiger partial charge in [0.2, 0.25) is 5.91 Å². The Hall–Kier alpha value is -1.18. The van der Waals surface area contributed by atoms with Crippen molar-refractivity contribution in [2.45, 2.75) is 206 Å². The van der Waals surface area contributed by atoms with Crippen LogP contribution in [0, 0.1) is 0 Å². The summed E-state index contributed by atoms with van der Waals surface area (Å²) >= 11 is 0. The summed E-state index contributed by atoms with van der Waals surface area (Å²) in [6.45, 7) is 4.49. The van der Waals surface area contributed by atoms with Gasteiger partial charge < -0.3 is 10.4 Å². The number of allylic oxidation sites excluding steroid dienone is 4. The van der Waals surface area contributed by atoms with Crippen LogP contribution in [0.25, 0.3) is 0 Å². The molecule has 0 saturated carbocycles. The molecule has 266 valence electrons. The van der Waals surface area contributed by atoms with Gasteiger partial charge in [-0.25, -0.2) is 0 Å². The Labute approximate surface area is 279 Å². The van der Waals surface area contributed by atoms with Gasteiger partial charge in [0.25, 0.3) is 10.1 Å². The molecule has 2 atom stereocenters. The minimum Gasteiger partial charge on any atom is -0.391 e. The van der Waals surface area contributed by atoms with Crippen molar-refractivity contribution in [2.24, 2.45) is 0 Å². The van der Waals surface area contributed by atoms with E-state index >= 15 is 0 Å². The van der Waals surface area contributed by atoms with Crippen molar-refractivity contribution >= 4 is 16.0 Å². The minimum atomic E-state index is -4.31. The number of aliphatic hydroxyl groups excluding tert-OH is 1. The van der Waals surface area contributed by atoms with Crippen LogP contribution in [0.15, 0.2) is 24.3 Å². The molecule has 0 radical (unpaired) electrons. The first kappa shape index (κ1) is 43.8. The molecular formula is C38H73NO5S. The highest BCUT2D eigenvalue weighted by atomic mass is 32.2. The second-order valence-electron chi connectivity index (χ2n) is 13.2. The van der Waals surface area contributed by atoms with Gasteiger partial charge in [-0.05, 0) is 44.9 Å². The van der Waals surface area contributed by atoms with Crippen LogP contribution in [0.5, 0.6) is 0 Å². The maximum atomic E-state index is 12.5. The van der Waals surface area contributed by atoms with E-state index in [1.54, 1.807) is 0 Å². The summed E-state index contributed by atoms with van der Waals surface area (Å²) < 4.78 is 32.4. The average molecular weight is 656 g/mol. The molecule has 7 heteroatoms. The fourth-order valence-corrected chi connectivity index (χ4v) is 6.54. The molecule has 0 aliphatic carbocycles. The normalized spacial score (nSPS) is 13.6. The monoisotopic (exact) mass is 656 g/mol. The summed E-state index contributed by atoms with van der Waals surface area (Å²) in [4.78, 5) is 12.5. The molecule has 0 aliphatic rings. The minimum absolute atomic E-state index is 0.259. The third-order valence-corrected chi connectivity index (χ3v) is 9.44. The van der Waals surface area contributed by atoms with Crippen molar-refractivity contribution in [3.05, 3.63) is 24.3 Å². The Morgan fingerprint density at radius 1 is 0.600 bits per heavy atom. The average Bonchev–Trinajstić information content (AvgIpc) is 3.00. The second-order valence-corrected chi connectivity index (χ2v) is 14.7. The summed E-state index contributed by atoms with van der Waals surface area (Å²) in [5.41, 5.74) is 0. The van der Waals surface area contributed by atoms with E-state index < -0.39 is 28.0 Å². The first-order chi connectivity index (χ1) is 21.8. The Balaban J connectivity index is 3.93. The molecule has 0 saturated heterocycles. The van der Waals surface area contributed by atoms with E-state index in [0.717, 1.165) is 64.2 Å². The zero-order valence-corrected chi connectivity index (χ0v) is 30.3. The highest BCUT2D eigenvalue weighted by Gasteiger charge is 2.26. The molecular weight excluding hydrogens is 582 g/mol. The lowest BCUT2D eigenvalue weighted by Crippen LogP contribution is -2.47. The number of hydrogen-bond acceptors (Lipinski definition) is 4. The lowest BCUT2D eigenvalue weighted by atomic mass is 10.0. The quantitative estimate of drug-likeness (QED) is 0.0363. The van der Waals surface area contributed by atoms with Gasteiger partial charge in [0, 0.05) is 6.42 Å². The van der Waals surface area contributed by atoms with Crippen molar-refractivity contribution in [1.82, 2.24) is 5.32 Å². The maximum absolute atomic E-state index is 12.5. The lowest BCUT2D eigenvalue weighted by molar-refractivity contribution is -0.122. The summed E-state index contributed by atoms with van der Waals surface area (Å²) in [5, 5.41) is 13.3. The van der Waals surface area contributed by atoms with E-state index in [-0.39, 0.29) is 5.91 Å². The van der Waals surface area contributed by atoms with Crippen LogP contribution in [0.2, 0.25) is 0 Å². The summed E-state index contributed by atoms with van der Waals surface area (Å²) in [6, 6.07) is -0.975. The van der Waals surface area contributed by atoms with Crippen molar-refractivity contribution in [1.29, 1.82) is 0 Å². The molecule has 0 spiro atoms. The molecule has 45 heavy (non-hydrogen) atoms. The third-order valence-electron chi connectivity index (χ3n) is 8.66. The van der Waals surface area contributed by atoms with E-state index in [1.807, 2.05) is 0 Å². The maximum Gasteiger partial charge on any atom is 0.266 e. The standard InChI is InChI=1S/C38H73NO5S/c1-3-5-7-9-11-13-15-17-19-20-22-24-26-28-30-32-34-38(41)39-36(35-45(42,43)44)37(40)33-31-29-27-25-23-21-18-16-14-12-10-8-6-4-2/h13,15,19-20,36-37,40H,3-12,14,16-18,21-35H2,1-2H3,(H,39,41)(H,42,43,44)/b15-13-,20-19-. The summed E-state index contributed by atoms with van der Waals surface area (Å²) in [7, 11) is -4.31. The predicted octanol–water partition coefficient (Wildman–Crippen LogP) is 10.8. The van der Waals surface area contributed by atoms with E-state index in [9.17, 15) is 22.9 Å². The van der Waals surface area contributed by atoms with Crippen LogP contribution in [0.1, 0.15) is 194 Å². The van der Waals surface area contributed by atoms with Gasteiger partial charge in [-0.1, -0.05) is 167 Å². The third kappa shape index (κ3) is 34.0. The van der Waals surface area contributed by atoms with Gasteiger partial charge in [0.15, 0.2) is 0 Å². The number of amides is 1. The van der Waals surface area contributed by atoms with Crippen molar-refractivity contribution in [3.8, 4) is 0 Å². The molecule has 3 N–H and O–H groups in total. The van der Waals surface area contributed by atoms with Gasteiger partial charge in [0.1, 0.15) is 0 Å². The molecule has 0 aromatic rings. The van der Waals surface area contributed by atoms with Gasteiger partial charge in [0.05, 0.1) is 17.9 Å². The van der Waals surface area contributed by atoms with E-state index in [0.29, 0.717) is 12.8 Å². The first-order valence-electron chi connectivity index (χ1n) is 19.0. The van der Waals surface area contributed by atoms with Gasteiger partial charge in [-0.15, -0.1) is 0 Å². The summed E-state index contributed by atoms with van der Waals surface area (Å²) in [6.07, 6.45) is 39.7. The zero-order valence-electron chi connectivity index (χ0n) is 29.5. The molecule has 0 aromatic carbocycles. The highest BCUT2D eigenvalue weighted by Crippen LogP contribution is 2.15. The predicted molar refractivity (Wildman–Crippen MR) is 193 cm³/mol. The Morgan fingerprint density at radius 2 is 1.00 bits per heavy atom. The topological polar surface area (TPSA) is 104 Å². The van der Waals surface area contributed by atoms with Crippen LogP contribution in [-0.2, 0) is 14.9 Å². The molecule has 0 fully saturated rings. The van der Waals surface area contributed by atoms with Gasteiger partial charge in [-0.3, -0.25) is 9.35 Å². The molecule has 1 amide bonds. The smallest absolute Gasteiger partial charge is 0.266 e. The number of carbonyl (C=O) groups is 1. The molecule has 0 aromatic heterocycles. The number of nitrogens with one attached hydrogen (secondary N) is 1. The van der Waals surface area contributed by atoms with Crippen LogP contribution in [-0.4, -0.2) is 41.9 Å². The van der Waals surface area contributed by atoms with Crippen LogP contribution < -0.4 is 5.32 Å². The molecule has 0 heterocycles. The number of unbranched alkanes of at least 4 members (excludes halogenated alkanes) is 22. The second kappa shape index (κ2) is 32.7.